The molecule has 0 amide bonds. The SMILES string of the molecule is O=C(O)c1cc(Cl)cc(Cc2cccnc2)c1. The van der Waals surface area contributed by atoms with Crippen molar-refractivity contribution in [3.05, 3.63) is 64.4 Å². The van der Waals surface area contributed by atoms with Gasteiger partial charge in [-0.05, 0) is 41.8 Å². The maximum Gasteiger partial charge on any atom is 0.335 e. The summed E-state index contributed by atoms with van der Waals surface area (Å²) in [6, 6.07) is 8.62. The van der Waals surface area contributed by atoms with Crippen LogP contribution in [0.1, 0.15) is 21.5 Å². The summed E-state index contributed by atoms with van der Waals surface area (Å²) in [5.74, 6) is -0.972. The molecule has 1 heterocycles. The van der Waals surface area contributed by atoms with Crippen molar-refractivity contribution < 1.29 is 9.90 Å². The number of halogens is 1. The number of aromatic carboxylic acids is 1. The lowest BCUT2D eigenvalue weighted by Crippen LogP contribution is -1.98. The van der Waals surface area contributed by atoms with E-state index in [2.05, 4.69) is 4.98 Å². The molecule has 0 radical (unpaired) electrons. The van der Waals surface area contributed by atoms with Gasteiger partial charge in [-0.25, -0.2) is 4.79 Å². The summed E-state index contributed by atoms with van der Waals surface area (Å²) >= 11 is 5.88. The molecule has 2 aromatic rings. The van der Waals surface area contributed by atoms with Gasteiger partial charge in [0, 0.05) is 17.4 Å². The van der Waals surface area contributed by atoms with E-state index in [1.54, 1.807) is 24.5 Å². The van der Waals surface area contributed by atoms with Crippen LogP contribution in [-0.4, -0.2) is 16.1 Å². The number of rotatable bonds is 3. The Balaban J connectivity index is 2.30. The van der Waals surface area contributed by atoms with Crippen molar-refractivity contribution in [2.24, 2.45) is 0 Å². The Morgan fingerprint density at radius 1 is 1.29 bits per heavy atom. The van der Waals surface area contributed by atoms with Gasteiger partial charge < -0.3 is 5.11 Å². The number of carboxylic acids is 1. The molecule has 0 aliphatic heterocycles. The van der Waals surface area contributed by atoms with Crippen molar-refractivity contribution in [1.29, 1.82) is 0 Å². The van der Waals surface area contributed by atoms with E-state index in [9.17, 15) is 4.79 Å². The van der Waals surface area contributed by atoms with E-state index in [0.29, 0.717) is 11.4 Å². The Kier molecular flexibility index (Phi) is 3.40. The molecule has 4 heteroatoms. The molecule has 17 heavy (non-hydrogen) atoms. The van der Waals surface area contributed by atoms with Gasteiger partial charge in [0.15, 0.2) is 0 Å². The van der Waals surface area contributed by atoms with Crippen molar-refractivity contribution in [1.82, 2.24) is 4.98 Å². The van der Waals surface area contributed by atoms with Gasteiger partial charge >= 0.3 is 5.97 Å². The van der Waals surface area contributed by atoms with E-state index < -0.39 is 5.97 Å². The van der Waals surface area contributed by atoms with Gasteiger partial charge in [-0.15, -0.1) is 0 Å². The lowest BCUT2D eigenvalue weighted by atomic mass is 10.0. The number of carbonyl (C=O) groups is 1. The summed E-state index contributed by atoms with van der Waals surface area (Å²) in [4.78, 5) is 14.9. The maximum atomic E-state index is 10.9. The highest BCUT2D eigenvalue weighted by Crippen LogP contribution is 2.17. The molecule has 0 saturated heterocycles. The van der Waals surface area contributed by atoms with E-state index in [1.165, 1.54) is 6.07 Å². The number of hydrogen-bond donors (Lipinski definition) is 1. The molecule has 2 rings (SSSR count). The van der Waals surface area contributed by atoms with Crippen LogP contribution >= 0.6 is 11.6 Å². The topological polar surface area (TPSA) is 50.2 Å². The fourth-order valence-electron chi connectivity index (χ4n) is 1.61. The Hall–Kier alpha value is -1.87. The Labute approximate surface area is 104 Å². The summed E-state index contributed by atoms with van der Waals surface area (Å²) < 4.78 is 0. The zero-order valence-corrected chi connectivity index (χ0v) is 9.69. The number of aromatic nitrogens is 1. The predicted molar refractivity (Wildman–Crippen MR) is 65.5 cm³/mol. The highest BCUT2D eigenvalue weighted by molar-refractivity contribution is 6.31. The van der Waals surface area contributed by atoms with Gasteiger partial charge in [-0.2, -0.15) is 0 Å². The number of benzene rings is 1. The van der Waals surface area contributed by atoms with E-state index >= 15 is 0 Å². The van der Waals surface area contributed by atoms with E-state index in [0.717, 1.165) is 11.1 Å². The molecule has 0 bridgehead atoms. The van der Waals surface area contributed by atoms with Gasteiger partial charge in [-0.1, -0.05) is 17.7 Å². The van der Waals surface area contributed by atoms with Crippen molar-refractivity contribution in [2.45, 2.75) is 6.42 Å². The molecule has 1 N–H and O–H groups in total. The van der Waals surface area contributed by atoms with Crippen molar-refractivity contribution >= 4 is 17.6 Å². The number of nitrogens with zero attached hydrogens (tertiary/aromatic N) is 1. The van der Waals surface area contributed by atoms with Gasteiger partial charge in [0.2, 0.25) is 0 Å². The average molecular weight is 248 g/mol. The number of hydrogen-bond acceptors (Lipinski definition) is 2. The quantitative estimate of drug-likeness (QED) is 0.907. The second kappa shape index (κ2) is 4.97. The first-order chi connectivity index (χ1) is 8.15. The van der Waals surface area contributed by atoms with E-state index in [1.807, 2.05) is 12.1 Å². The molecular formula is C13H10ClNO2. The van der Waals surface area contributed by atoms with Crippen LogP contribution in [0.4, 0.5) is 0 Å². The number of pyridine rings is 1. The third-order valence-corrected chi connectivity index (χ3v) is 2.55. The first-order valence-electron chi connectivity index (χ1n) is 5.07. The van der Waals surface area contributed by atoms with Crippen LogP contribution in [0.2, 0.25) is 5.02 Å². The van der Waals surface area contributed by atoms with Crippen LogP contribution in [0, 0.1) is 0 Å². The normalized spacial score (nSPS) is 10.2. The summed E-state index contributed by atoms with van der Waals surface area (Å²) in [7, 11) is 0. The smallest absolute Gasteiger partial charge is 0.335 e. The highest BCUT2D eigenvalue weighted by Gasteiger charge is 2.06. The Morgan fingerprint density at radius 2 is 2.12 bits per heavy atom. The van der Waals surface area contributed by atoms with Crippen molar-refractivity contribution in [2.75, 3.05) is 0 Å². The van der Waals surface area contributed by atoms with Crippen molar-refractivity contribution in [3.63, 3.8) is 0 Å². The van der Waals surface area contributed by atoms with Crippen LogP contribution < -0.4 is 0 Å². The Bertz CT molecular complexity index is 540. The Morgan fingerprint density at radius 3 is 2.76 bits per heavy atom. The molecule has 0 aliphatic rings. The van der Waals surface area contributed by atoms with E-state index in [-0.39, 0.29) is 5.56 Å². The summed E-state index contributed by atoms with van der Waals surface area (Å²) in [5, 5.41) is 9.36. The molecule has 3 nitrogen and oxygen atoms in total. The monoisotopic (exact) mass is 247 g/mol. The van der Waals surface area contributed by atoms with Crippen LogP contribution in [0.15, 0.2) is 42.7 Å². The molecule has 0 aliphatic carbocycles. The van der Waals surface area contributed by atoms with Crippen LogP contribution in [0.25, 0.3) is 0 Å². The molecule has 0 saturated carbocycles. The van der Waals surface area contributed by atoms with Crippen LogP contribution in [0.5, 0.6) is 0 Å². The van der Waals surface area contributed by atoms with Gasteiger partial charge in [-0.3, -0.25) is 4.98 Å². The first kappa shape index (κ1) is 11.6. The molecule has 1 aromatic carbocycles. The van der Waals surface area contributed by atoms with Crippen LogP contribution in [-0.2, 0) is 6.42 Å². The van der Waals surface area contributed by atoms with Gasteiger partial charge in [0.1, 0.15) is 0 Å². The van der Waals surface area contributed by atoms with Gasteiger partial charge in [0.25, 0.3) is 0 Å². The minimum atomic E-state index is -0.972. The first-order valence-corrected chi connectivity index (χ1v) is 5.44. The second-order valence-electron chi connectivity index (χ2n) is 3.69. The highest BCUT2D eigenvalue weighted by atomic mass is 35.5. The fraction of sp³-hybridized carbons (Fsp3) is 0.0769. The zero-order chi connectivity index (χ0) is 12.3. The molecule has 0 spiro atoms. The zero-order valence-electron chi connectivity index (χ0n) is 8.93. The predicted octanol–water partition coefficient (Wildman–Crippen LogP) is 3.02. The lowest BCUT2D eigenvalue weighted by molar-refractivity contribution is 0.0697. The summed E-state index contributed by atoms with van der Waals surface area (Å²) in [5.41, 5.74) is 2.09. The molecule has 0 atom stereocenters. The van der Waals surface area contributed by atoms with Gasteiger partial charge in [0.05, 0.1) is 5.56 Å². The lowest BCUT2D eigenvalue weighted by Gasteiger charge is -2.04. The van der Waals surface area contributed by atoms with Crippen LogP contribution in [0.3, 0.4) is 0 Å². The third kappa shape index (κ3) is 3.04. The molecule has 86 valence electrons. The number of carboxylic acid groups (broad SMARTS) is 1. The largest absolute Gasteiger partial charge is 0.478 e. The standard InChI is InChI=1S/C13H10ClNO2/c14-12-6-10(5-11(7-12)13(16)17)4-9-2-1-3-15-8-9/h1-3,5-8H,4H2,(H,16,17). The summed E-state index contributed by atoms with van der Waals surface area (Å²) in [6.07, 6.45) is 4.07. The molecule has 0 unspecified atom stereocenters. The maximum absolute atomic E-state index is 10.9. The van der Waals surface area contributed by atoms with E-state index in [4.69, 9.17) is 16.7 Å². The average Bonchev–Trinajstić information content (AvgIpc) is 2.29. The second-order valence-corrected chi connectivity index (χ2v) is 4.13. The fourth-order valence-corrected chi connectivity index (χ4v) is 1.87. The van der Waals surface area contributed by atoms with Crippen molar-refractivity contribution in [3.8, 4) is 0 Å². The minimum Gasteiger partial charge on any atom is -0.478 e. The molecular weight excluding hydrogens is 238 g/mol. The molecule has 1 aromatic heterocycles. The minimum absolute atomic E-state index is 0.205. The third-order valence-electron chi connectivity index (χ3n) is 2.34. The summed E-state index contributed by atoms with van der Waals surface area (Å²) in [6.45, 7) is 0. The molecule has 0 fully saturated rings.